The molecule has 0 bridgehead atoms. The number of hydrogen-bond acceptors (Lipinski definition) is 3. The first kappa shape index (κ1) is 12.4. The van der Waals surface area contributed by atoms with Crippen molar-refractivity contribution in [2.45, 2.75) is 26.3 Å². The van der Waals surface area contributed by atoms with E-state index in [2.05, 4.69) is 32.9 Å². The van der Waals surface area contributed by atoms with E-state index in [1.54, 1.807) is 6.07 Å². The zero-order valence-electron chi connectivity index (χ0n) is 8.75. The molecule has 5 heteroatoms. The molecule has 0 aliphatic rings. The van der Waals surface area contributed by atoms with Crippen LogP contribution in [0.15, 0.2) is 12.1 Å². The molecule has 1 heterocycles. The molecule has 0 unspecified atom stereocenters. The molecule has 0 aliphatic carbocycles. The summed E-state index contributed by atoms with van der Waals surface area (Å²) >= 11 is 2.20. The first-order chi connectivity index (χ1) is 7.04. The van der Waals surface area contributed by atoms with Crippen molar-refractivity contribution < 1.29 is 4.79 Å². The molecule has 1 aromatic heterocycles. The van der Waals surface area contributed by atoms with Crippen molar-refractivity contribution in [3.8, 4) is 0 Å². The summed E-state index contributed by atoms with van der Waals surface area (Å²) in [5.41, 5.74) is 6.49. The van der Waals surface area contributed by atoms with Crippen molar-refractivity contribution in [2.24, 2.45) is 5.73 Å². The van der Waals surface area contributed by atoms with Gasteiger partial charge in [-0.15, -0.1) is 0 Å². The molecule has 0 fully saturated rings. The van der Waals surface area contributed by atoms with Crippen molar-refractivity contribution in [2.75, 3.05) is 5.32 Å². The van der Waals surface area contributed by atoms with Gasteiger partial charge >= 0.3 is 0 Å². The number of amides is 1. The van der Waals surface area contributed by atoms with E-state index in [1.807, 2.05) is 19.9 Å². The van der Waals surface area contributed by atoms with Crippen LogP contribution in [0.2, 0.25) is 0 Å². The number of carbonyl (C=O) groups is 1. The lowest BCUT2D eigenvalue weighted by atomic mass is 10.2. The fourth-order valence-electron chi connectivity index (χ4n) is 1.02. The maximum absolute atomic E-state index is 11.5. The smallest absolute Gasteiger partial charge is 0.242 e. The average molecular weight is 319 g/mol. The highest BCUT2D eigenvalue weighted by Gasteiger charge is 2.11. The quantitative estimate of drug-likeness (QED) is 0.833. The first-order valence-corrected chi connectivity index (χ1v) is 5.82. The minimum absolute atomic E-state index is 0.189. The second-order valence-electron chi connectivity index (χ2n) is 3.27. The van der Waals surface area contributed by atoms with E-state index in [1.165, 1.54) is 0 Å². The molecule has 1 rings (SSSR count). The fraction of sp³-hybridized carbons (Fsp3) is 0.400. The van der Waals surface area contributed by atoms with Gasteiger partial charge in [-0.2, -0.15) is 0 Å². The van der Waals surface area contributed by atoms with Gasteiger partial charge in [-0.1, -0.05) is 6.92 Å². The number of nitrogens with one attached hydrogen (secondary N) is 1. The minimum Gasteiger partial charge on any atom is -0.320 e. The van der Waals surface area contributed by atoms with Crippen LogP contribution in [0.5, 0.6) is 0 Å². The van der Waals surface area contributed by atoms with Gasteiger partial charge in [0.05, 0.1) is 11.7 Å². The number of aryl methyl sites for hydroxylation is 1. The summed E-state index contributed by atoms with van der Waals surface area (Å²) in [5, 5.41) is 2.68. The van der Waals surface area contributed by atoms with Gasteiger partial charge in [-0.25, -0.2) is 4.98 Å². The molecule has 4 nitrogen and oxygen atoms in total. The summed E-state index contributed by atoms with van der Waals surface area (Å²) in [4.78, 5) is 15.7. The van der Waals surface area contributed by atoms with Crippen molar-refractivity contribution in [1.82, 2.24) is 4.98 Å². The molecule has 0 saturated heterocycles. The van der Waals surface area contributed by atoms with Crippen LogP contribution in [0.25, 0.3) is 0 Å². The third-order valence-electron chi connectivity index (χ3n) is 2.05. The van der Waals surface area contributed by atoms with Crippen LogP contribution in [-0.2, 0) is 4.79 Å². The third-order valence-corrected chi connectivity index (χ3v) is 3.19. The molecule has 1 amide bonds. The summed E-state index contributed by atoms with van der Waals surface area (Å²) in [6, 6.07) is 3.22. The van der Waals surface area contributed by atoms with E-state index in [9.17, 15) is 4.79 Å². The molecule has 1 aromatic rings. The monoisotopic (exact) mass is 319 g/mol. The highest BCUT2D eigenvalue weighted by atomic mass is 127. The Morgan fingerprint density at radius 2 is 2.33 bits per heavy atom. The molecule has 0 aliphatic heterocycles. The van der Waals surface area contributed by atoms with E-state index in [0.29, 0.717) is 12.2 Å². The Hall–Kier alpha value is -0.690. The van der Waals surface area contributed by atoms with Crippen LogP contribution < -0.4 is 11.1 Å². The fourth-order valence-corrected chi connectivity index (χ4v) is 1.32. The van der Waals surface area contributed by atoms with Crippen molar-refractivity contribution >= 4 is 34.3 Å². The average Bonchev–Trinajstić information content (AvgIpc) is 2.22. The van der Waals surface area contributed by atoms with Gasteiger partial charge in [0, 0.05) is 3.57 Å². The molecule has 0 aromatic carbocycles. The Balaban J connectivity index is 2.73. The van der Waals surface area contributed by atoms with Crippen LogP contribution >= 0.6 is 22.6 Å². The topological polar surface area (TPSA) is 68.0 Å². The predicted molar refractivity (Wildman–Crippen MR) is 68.6 cm³/mol. The molecule has 0 radical (unpaired) electrons. The lowest BCUT2D eigenvalue weighted by Crippen LogP contribution is -2.35. The van der Waals surface area contributed by atoms with Crippen molar-refractivity contribution in [3.05, 3.63) is 21.4 Å². The van der Waals surface area contributed by atoms with Crippen LogP contribution in [0.1, 0.15) is 19.0 Å². The molecule has 1 atom stereocenters. The second kappa shape index (κ2) is 5.41. The molecule has 0 spiro atoms. The lowest BCUT2D eigenvalue weighted by Gasteiger charge is -2.09. The number of carbonyl (C=O) groups excluding carboxylic acids is 1. The Bertz CT molecular complexity index is 368. The van der Waals surface area contributed by atoms with Gasteiger partial charge in [-0.05, 0) is 48.1 Å². The third kappa shape index (κ3) is 3.42. The number of nitrogens with zero attached hydrogens (tertiary/aromatic N) is 1. The van der Waals surface area contributed by atoms with E-state index in [-0.39, 0.29) is 5.91 Å². The molecular weight excluding hydrogens is 305 g/mol. The maximum atomic E-state index is 11.5. The van der Waals surface area contributed by atoms with Crippen LogP contribution in [0.3, 0.4) is 0 Å². The van der Waals surface area contributed by atoms with Gasteiger partial charge < -0.3 is 11.1 Å². The largest absolute Gasteiger partial charge is 0.320 e. The highest BCUT2D eigenvalue weighted by molar-refractivity contribution is 14.1. The summed E-state index contributed by atoms with van der Waals surface area (Å²) in [5.74, 6) is 0.368. The number of rotatable bonds is 3. The number of anilines is 1. The highest BCUT2D eigenvalue weighted by Crippen LogP contribution is 2.12. The molecule has 82 valence electrons. The first-order valence-electron chi connectivity index (χ1n) is 4.74. The Morgan fingerprint density at radius 3 is 2.87 bits per heavy atom. The van der Waals surface area contributed by atoms with Crippen LogP contribution in [0, 0.1) is 10.5 Å². The maximum Gasteiger partial charge on any atom is 0.242 e. The summed E-state index contributed by atoms with van der Waals surface area (Å²) < 4.78 is 1.07. The number of aromatic nitrogens is 1. The Kier molecular flexibility index (Phi) is 4.46. The molecule has 0 saturated carbocycles. The van der Waals surface area contributed by atoms with Gasteiger partial charge in [0.25, 0.3) is 0 Å². The normalized spacial score (nSPS) is 12.3. The standard InChI is InChI=1S/C10H14IN3O/c1-3-8(12)10(15)14-9-5-4-7(11)6(2)13-9/h4-5,8H,3,12H2,1-2H3,(H,13,14,15)/t8-/m0/s1. The number of hydrogen-bond donors (Lipinski definition) is 2. The lowest BCUT2D eigenvalue weighted by molar-refractivity contribution is -0.117. The molecular formula is C10H14IN3O. The molecule has 3 N–H and O–H groups in total. The van der Waals surface area contributed by atoms with E-state index in [0.717, 1.165) is 9.26 Å². The zero-order valence-corrected chi connectivity index (χ0v) is 10.9. The van der Waals surface area contributed by atoms with Gasteiger partial charge in [0.15, 0.2) is 0 Å². The van der Waals surface area contributed by atoms with Crippen molar-refractivity contribution in [1.29, 1.82) is 0 Å². The number of pyridine rings is 1. The summed E-state index contributed by atoms with van der Waals surface area (Å²) in [6.45, 7) is 3.77. The van der Waals surface area contributed by atoms with Crippen LogP contribution in [-0.4, -0.2) is 16.9 Å². The van der Waals surface area contributed by atoms with Crippen molar-refractivity contribution in [3.63, 3.8) is 0 Å². The SMILES string of the molecule is CC[C@H](N)C(=O)Nc1ccc(I)c(C)n1. The van der Waals surface area contributed by atoms with Gasteiger partial charge in [-0.3, -0.25) is 4.79 Å². The zero-order chi connectivity index (χ0) is 11.4. The van der Waals surface area contributed by atoms with E-state index >= 15 is 0 Å². The van der Waals surface area contributed by atoms with Gasteiger partial charge in [0.2, 0.25) is 5.91 Å². The summed E-state index contributed by atoms with van der Waals surface area (Å²) in [6.07, 6.45) is 0.620. The van der Waals surface area contributed by atoms with Gasteiger partial charge in [0.1, 0.15) is 5.82 Å². The summed E-state index contributed by atoms with van der Waals surface area (Å²) in [7, 11) is 0. The second-order valence-corrected chi connectivity index (χ2v) is 4.43. The minimum atomic E-state index is -0.466. The predicted octanol–water partition coefficient (Wildman–Crippen LogP) is 1.67. The molecule has 15 heavy (non-hydrogen) atoms. The van der Waals surface area contributed by atoms with Crippen LogP contribution in [0.4, 0.5) is 5.82 Å². The number of halogens is 1. The Morgan fingerprint density at radius 1 is 1.67 bits per heavy atom. The van der Waals surface area contributed by atoms with E-state index < -0.39 is 6.04 Å². The van der Waals surface area contributed by atoms with E-state index in [4.69, 9.17) is 5.73 Å². The Labute approximate surface area is 103 Å². The number of nitrogens with two attached hydrogens (primary N) is 1.